The maximum absolute atomic E-state index is 10.8. The Bertz CT molecular complexity index is 206. The molecule has 4 nitrogen and oxygen atoms in total. The van der Waals surface area contributed by atoms with Gasteiger partial charge in [0.2, 0.25) is 0 Å². The van der Waals surface area contributed by atoms with Crippen molar-refractivity contribution in [3.63, 3.8) is 0 Å². The van der Waals surface area contributed by atoms with Crippen LogP contribution >= 0.6 is 0 Å². The van der Waals surface area contributed by atoms with E-state index in [9.17, 15) is 9.90 Å². The molecule has 0 aliphatic carbocycles. The number of hydrogen-bond donors (Lipinski definition) is 2. The van der Waals surface area contributed by atoms with Crippen molar-refractivity contribution in [2.45, 2.75) is 51.3 Å². The fourth-order valence-electron chi connectivity index (χ4n) is 2.16. The van der Waals surface area contributed by atoms with Crippen LogP contribution in [0.15, 0.2) is 0 Å². The molecule has 1 heterocycles. The number of aliphatic carboxylic acids is 1. The Morgan fingerprint density at radius 3 is 2.71 bits per heavy atom. The first-order chi connectivity index (χ1) is 6.52. The van der Waals surface area contributed by atoms with Gasteiger partial charge in [-0.3, -0.25) is 9.69 Å². The van der Waals surface area contributed by atoms with Gasteiger partial charge in [0.05, 0.1) is 6.10 Å². The lowest BCUT2D eigenvalue weighted by atomic mass is 10.1. The standard InChI is InChI=1S/C10H19NO3/c1-7(12)6-9-4-3-5-11(9)8(2)10(13)14/h7-9,12H,3-6H2,1-2H3,(H,13,14). The second-order valence-electron chi connectivity index (χ2n) is 4.13. The molecule has 3 atom stereocenters. The van der Waals surface area contributed by atoms with Crippen LogP contribution in [-0.2, 0) is 4.79 Å². The highest BCUT2D eigenvalue weighted by molar-refractivity contribution is 5.73. The first-order valence-corrected chi connectivity index (χ1v) is 5.19. The summed E-state index contributed by atoms with van der Waals surface area (Å²) in [6, 6.07) is -0.192. The molecule has 82 valence electrons. The second-order valence-corrected chi connectivity index (χ2v) is 4.13. The molecule has 2 N–H and O–H groups in total. The minimum absolute atomic E-state index is 0.237. The van der Waals surface area contributed by atoms with Crippen molar-refractivity contribution in [1.82, 2.24) is 4.90 Å². The molecular weight excluding hydrogens is 182 g/mol. The lowest BCUT2D eigenvalue weighted by Gasteiger charge is -2.28. The Morgan fingerprint density at radius 2 is 2.21 bits per heavy atom. The van der Waals surface area contributed by atoms with Gasteiger partial charge < -0.3 is 10.2 Å². The molecule has 0 aromatic heterocycles. The van der Waals surface area contributed by atoms with E-state index in [4.69, 9.17) is 5.11 Å². The predicted molar refractivity (Wildman–Crippen MR) is 53.1 cm³/mol. The zero-order valence-electron chi connectivity index (χ0n) is 8.81. The molecule has 0 aromatic carbocycles. The molecule has 0 aromatic rings. The molecule has 3 unspecified atom stereocenters. The van der Waals surface area contributed by atoms with Crippen LogP contribution in [-0.4, -0.2) is 45.8 Å². The number of carbonyl (C=O) groups is 1. The SMILES string of the molecule is CC(O)CC1CCCN1C(C)C(=O)O. The molecule has 1 aliphatic rings. The minimum Gasteiger partial charge on any atom is -0.480 e. The van der Waals surface area contributed by atoms with Crippen LogP contribution in [0.4, 0.5) is 0 Å². The summed E-state index contributed by atoms with van der Waals surface area (Å²) in [4.78, 5) is 12.8. The van der Waals surface area contributed by atoms with Crippen molar-refractivity contribution in [3.05, 3.63) is 0 Å². The van der Waals surface area contributed by atoms with Crippen molar-refractivity contribution >= 4 is 5.97 Å². The van der Waals surface area contributed by atoms with Gasteiger partial charge in [-0.1, -0.05) is 0 Å². The van der Waals surface area contributed by atoms with Crippen molar-refractivity contribution < 1.29 is 15.0 Å². The Kier molecular flexibility index (Phi) is 3.89. The van der Waals surface area contributed by atoms with Crippen LogP contribution in [0.2, 0.25) is 0 Å². The van der Waals surface area contributed by atoms with E-state index in [2.05, 4.69) is 0 Å². The minimum atomic E-state index is -0.775. The number of rotatable bonds is 4. The van der Waals surface area contributed by atoms with E-state index in [0.717, 1.165) is 19.4 Å². The number of aliphatic hydroxyl groups is 1. The Hall–Kier alpha value is -0.610. The predicted octanol–water partition coefficient (Wildman–Crippen LogP) is 0.695. The molecule has 4 heteroatoms. The summed E-state index contributed by atoms with van der Waals surface area (Å²) in [6.07, 6.45) is 2.37. The van der Waals surface area contributed by atoms with Crippen LogP contribution in [0.3, 0.4) is 0 Å². The number of aliphatic hydroxyl groups excluding tert-OH is 1. The number of carboxylic acids is 1. The summed E-state index contributed by atoms with van der Waals surface area (Å²) in [6.45, 7) is 4.30. The van der Waals surface area contributed by atoms with Crippen LogP contribution < -0.4 is 0 Å². The molecule has 0 spiro atoms. The van der Waals surface area contributed by atoms with Gasteiger partial charge in [0.25, 0.3) is 0 Å². The maximum Gasteiger partial charge on any atom is 0.320 e. The lowest BCUT2D eigenvalue weighted by molar-refractivity contribution is -0.143. The van der Waals surface area contributed by atoms with Gasteiger partial charge in [0.15, 0.2) is 0 Å². The molecular formula is C10H19NO3. The fraction of sp³-hybridized carbons (Fsp3) is 0.900. The Labute approximate surface area is 84.5 Å². The smallest absolute Gasteiger partial charge is 0.320 e. The van der Waals surface area contributed by atoms with E-state index in [1.165, 1.54) is 0 Å². The maximum atomic E-state index is 10.8. The third kappa shape index (κ3) is 2.69. The van der Waals surface area contributed by atoms with Crippen LogP contribution in [0.1, 0.15) is 33.1 Å². The molecule has 1 fully saturated rings. The van der Waals surface area contributed by atoms with E-state index >= 15 is 0 Å². The van der Waals surface area contributed by atoms with Crippen LogP contribution in [0.5, 0.6) is 0 Å². The van der Waals surface area contributed by atoms with Crippen molar-refractivity contribution in [1.29, 1.82) is 0 Å². The summed E-state index contributed by atoms with van der Waals surface area (Å²) < 4.78 is 0. The highest BCUT2D eigenvalue weighted by atomic mass is 16.4. The molecule has 0 radical (unpaired) electrons. The van der Waals surface area contributed by atoms with E-state index in [1.54, 1.807) is 13.8 Å². The van der Waals surface area contributed by atoms with Crippen LogP contribution in [0.25, 0.3) is 0 Å². The average molecular weight is 201 g/mol. The van der Waals surface area contributed by atoms with E-state index in [1.807, 2.05) is 4.90 Å². The Balaban J connectivity index is 2.54. The monoisotopic (exact) mass is 201 g/mol. The summed E-state index contributed by atoms with van der Waals surface area (Å²) in [7, 11) is 0. The molecule has 1 saturated heterocycles. The average Bonchev–Trinajstić information content (AvgIpc) is 2.49. The first kappa shape index (κ1) is 11.5. The summed E-state index contributed by atoms with van der Waals surface area (Å²) in [5.74, 6) is -0.775. The highest BCUT2D eigenvalue weighted by Gasteiger charge is 2.32. The van der Waals surface area contributed by atoms with Gasteiger partial charge in [-0.25, -0.2) is 0 Å². The van der Waals surface area contributed by atoms with Gasteiger partial charge >= 0.3 is 5.97 Å². The van der Waals surface area contributed by atoms with E-state index < -0.39 is 12.0 Å². The molecule has 1 aliphatic heterocycles. The van der Waals surface area contributed by atoms with Gasteiger partial charge in [-0.05, 0) is 39.7 Å². The third-order valence-electron chi connectivity index (χ3n) is 2.89. The lowest BCUT2D eigenvalue weighted by Crippen LogP contribution is -2.43. The molecule has 14 heavy (non-hydrogen) atoms. The number of hydrogen-bond acceptors (Lipinski definition) is 3. The number of nitrogens with zero attached hydrogens (tertiary/aromatic N) is 1. The van der Waals surface area contributed by atoms with Crippen molar-refractivity contribution in [3.8, 4) is 0 Å². The zero-order chi connectivity index (χ0) is 10.7. The molecule has 0 bridgehead atoms. The molecule has 0 saturated carbocycles. The normalized spacial score (nSPS) is 27.5. The summed E-state index contributed by atoms with van der Waals surface area (Å²) in [5, 5.41) is 18.2. The summed E-state index contributed by atoms with van der Waals surface area (Å²) >= 11 is 0. The number of carboxylic acid groups (broad SMARTS) is 1. The first-order valence-electron chi connectivity index (χ1n) is 5.19. The Morgan fingerprint density at radius 1 is 1.57 bits per heavy atom. The van der Waals surface area contributed by atoms with Gasteiger partial charge in [-0.15, -0.1) is 0 Å². The second kappa shape index (κ2) is 4.75. The van der Waals surface area contributed by atoms with E-state index in [0.29, 0.717) is 6.42 Å². The van der Waals surface area contributed by atoms with Gasteiger partial charge in [0.1, 0.15) is 6.04 Å². The van der Waals surface area contributed by atoms with E-state index in [-0.39, 0.29) is 12.1 Å². The molecule has 1 rings (SSSR count). The topological polar surface area (TPSA) is 60.8 Å². The fourth-order valence-corrected chi connectivity index (χ4v) is 2.16. The van der Waals surface area contributed by atoms with Crippen molar-refractivity contribution in [2.24, 2.45) is 0 Å². The number of likely N-dealkylation sites (tertiary alicyclic amines) is 1. The third-order valence-corrected chi connectivity index (χ3v) is 2.89. The van der Waals surface area contributed by atoms with Crippen LogP contribution in [0, 0.1) is 0 Å². The zero-order valence-corrected chi connectivity index (χ0v) is 8.81. The quantitative estimate of drug-likeness (QED) is 0.702. The molecule has 0 amide bonds. The largest absolute Gasteiger partial charge is 0.480 e. The van der Waals surface area contributed by atoms with Gasteiger partial charge in [-0.2, -0.15) is 0 Å². The summed E-state index contributed by atoms with van der Waals surface area (Å²) in [5.41, 5.74) is 0. The van der Waals surface area contributed by atoms with Gasteiger partial charge in [0, 0.05) is 6.04 Å². The van der Waals surface area contributed by atoms with Crippen molar-refractivity contribution in [2.75, 3.05) is 6.54 Å². The highest BCUT2D eigenvalue weighted by Crippen LogP contribution is 2.23.